The van der Waals surface area contributed by atoms with Crippen LogP contribution >= 0.6 is 0 Å². The molecule has 1 aromatic rings. The predicted molar refractivity (Wildman–Crippen MR) is 57.1 cm³/mol. The average molecular weight is 193 g/mol. The number of nitrogens with two attached hydrogens (primary N) is 1. The van der Waals surface area contributed by atoms with Crippen molar-refractivity contribution in [3.05, 3.63) is 35.9 Å². The van der Waals surface area contributed by atoms with Crippen molar-refractivity contribution in [2.75, 3.05) is 13.7 Å². The lowest BCUT2D eigenvalue weighted by atomic mass is 10.1. The van der Waals surface area contributed by atoms with Crippen LogP contribution in [-0.4, -0.2) is 24.9 Å². The van der Waals surface area contributed by atoms with Gasteiger partial charge < -0.3 is 15.6 Å². The highest BCUT2D eigenvalue weighted by molar-refractivity contribution is 5.57. The number of hydrogen-bond donors (Lipinski definition) is 2. The molecule has 0 aliphatic rings. The van der Waals surface area contributed by atoms with E-state index in [0.717, 1.165) is 11.3 Å². The average Bonchev–Trinajstić information content (AvgIpc) is 2.26. The fourth-order valence-corrected chi connectivity index (χ4v) is 1.10. The molecule has 0 spiro atoms. The molecule has 0 aliphatic carbocycles. The minimum absolute atomic E-state index is 0.228. The first-order chi connectivity index (χ1) is 6.77. The zero-order valence-corrected chi connectivity index (χ0v) is 8.18. The van der Waals surface area contributed by atoms with Crippen molar-refractivity contribution in [3.63, 3.8) is 0 Å². The van der Waals surface area contributed by atoms with Gasteiger partial charge in [0.2, 0.25) is 0 Å². The van der Waals surface area contributed by atoms with Gasteiger partial charge in [-0.1, -0.05) is 30.4 Å². The van der Waals surface area contributed by atoms with Crippen LogP contribution in [0.1, 0.15) is 5.56 Å². The molecular weight excluding hydrogens is 178 g/mol. The summed E-state index contributed by atoms with van der Waals surface area (Å²) in [6.45, 7) is 0.228. The molecule has 3 heteroatoms. The normalized spacial score (nSPS) is 13.1. The van der Waals surface area contributed by atoms with E-state index in [1.165, 1.54) is 0 Å². The minimum Gasteiger partial charge on any atom is -0.496 e. The summed E-state index contributed by atoms with van der Waals surface area (Å²) < 4.78 is 5.15. The number of hydrogen-bond acceptors (Lipinski definition) is 3. The quantitative estimate of drug-likeness (QED) is 0.750. The maximum Gasteiger partial charge on any atom is 0.126 e. The second-order valence-corrected chi connectivity index (χ2v) is 2.90. The zero-order valence-electron chi connectivity index (χ0n) is 8.18. The molecule has 1 unspecified atom stereocenters. The third kappa shape index (κ3) is 2.87. The van der Waals surface area contributed by atoms with E-state index in [-0.39, 0.29) is 6.54 Å². The molecule has 0 saturated heterocycles. The van der Waals surface area contributed by atoms with E-state index in [0.29, 0.717) is 0 Å². The fraction of sp³-hybridized carbons (Fsp3) is 0.273. The lowest BCUT2D eigenvalue weighted by Crippen LogP contribution is -2.16. The number of rotatable bonds is 4. The number of para-hydroxylation sites is 1. The number of aliphatic hydroxyl groups excluding tert-OH is 1. The Morgan fingerprint density at radius 1 is 1.50 bits per heavy atom. The maximum absolute atomic E-state index is 9.23. The highest BCUT2D eigenvalue weighted by Gasteiger charge is 1.98. The van der Waals surface area contributed by atoms with Crippen molar-refractivity contribution in [1.29, 1.82) is 0 Å². The first kappa shape index (κ1) is 10.8. The summed E-state index contributed by atoms with van der Waals surface area (Å²) in [4.78, 5) is 0. The highest BCUT2D eigenvalue weighted by Crippen LogP contribution is 2.18. The second kappa shape index (κ2) is 5.42. The van der Waals surface area contributed by atoms with E-state index in [1.54, 1.807) is 19.3 Å². The summed E-state index contributed by atoms with van der Waals surface area (Å²) in [5.41, 5.74) is 6.21. The van der Waals surface area contributed by atoms with Crippen molar-refractivity contribution >= 4 is 6.08 Å². The first-order valence-electron chi connectivity index (χ1n) is 4.47. The predicted octanol–water partition coefficient (Wildman–Crippen LogP) is 1.03. The molecule has 14 heavy (non-hydrogen) atoms. The van der Waals surface area contributed by atoms with E-state index < -0.39 is 6.10 Å². The van der Waals surface area contributed by atoms with Crippen LogP contribution in [0.25, 0.3) is 6.08 Å². The molecule has 0 aliphatic heterocycles. The van der Waals surface area contributed by atoms with Crippen molar-refractivity contribution in [2.45, 2.75) is 6.10 Å². The summed E-state index contributed by atoms with van der Waals surface area (Å²) in [6, 6.07) is 7.60. The van der Waals surface area contributed by atoms with Gasteiger partial charge in [-0.15, -0.1) is 0 Å². The number of ether oxygens (including phenoxy) is 1. The molecule has 3 N–H and O–H groups in total. The van der Waals surface area contributed by atoms with Gasteiger partial charge in [0.15, 0.2) is 0 Å². The molecule has 0 bridgehead atoms. The van der Waals surface area contributed by atoms with Crippen LogP contribution in [0.4, 0.5) is 0 Å². The van der Waals surface area contributed by atoms with E-state index in [2.05, 4.69) is 0 Å². The molecule has 0 radical (unpaired) electrons. The summed E-state index contributed by atoms with van der Waals surface area (Å²) in [5, 5.41) is 9.23. The molecule has 0 amide bonds. The van der Waals surface area contributed by atoms with Gasteiger partial charge in [-0.3, -0.25) is 0 Å². The molecule has 0 fully saturated rings. The molecule has 0 aromatic heterocycles. The van der Waals surface area contributed by atoms with Crippen LogP contribution < -0.4 is 10.5 Å². The zero-order chi connectivity index (χ0) is 10.4. The lowest BCUT2D eigenvalue weighted by Gasteiger charge is -2.04. The second-order valence-electron chi connectivity index (χ2n) is 2.90. The molecular formula is C11H15NO2. The molecule has 0 heterocycles. The van der Waals surface area contributed by atoms with Crippen LogP contribution in [0.3, 0.4) is 0 Å². The topological polar surface area (TPSA) is 55.5 Å². The van der Waals surface area contributed by atoms with Crippen LogP contribution in [0, 0.1) is 0 Å². The Labute approximate surface area is 83.8 Å². The van der Waals surface area contributed by atoms with Crippen molar-refractivity contribution in [3.8, 4) is 5.75 Å². The summed E-state index contributed by atoms with van der Waals surface area (Å²) in [6.07, 6.45) is 2.86. The first-order valence-corrected chi connectivity index (χ1v) is 4.47. The van der Waals surface area contributed by atoms with Gasteiger partial charge in [-0.2, -0.15) is 0 Å². The minimum atomic E-state index is -0.597. The van der Waals surface area contributed by atoms with Crippen molar-refractivity contribution < 1.29 is 9.84 Å². The van der Waals surface area contributed by atoms with Gasteiger partial charge in [0.05, 0.1) is 13.2 Å². The molecule has 0 saturated carbocycles. The molecule has 76 valence electrons. The summed E-state index contributed by atoms with van der Waals surface area (Å²) in [7, 11) is 1.62. The monoisotopic (exact) mass is 193 g/mol. The van der Waals surface area contributed by atoms with Gasteiger partial charge in [-0.05, 0) is 6.07 Å². The molecule has 1 rings (SSSR count). The Morgan fingerprint density at radius 2 is 2.21 bits per heavy atom. The van der Waals surface area contributed by atoms with E-state index in [9.17, 15) is 5.11 Å². The standard InChI is InChI=1S/C11H15NO2/c1-14-11-5-3-2-4-9(11)6-7-10(13)8-12/h2-7,10,13H,8,12H2,1H3. The highest BCUT2D eigenvalue weighted by atomic mass is 16.5. The van der Waals surface area contributed by atoms with Gasteiger partial charge in [0.1, 0.15) is 5.75 Å². The maximum atomic E-state index is 9.23. The molecule has 1 aromatic carbocycles. The number of methoxy groups -OCH3 is 1. The Kier molecular flexibility index (Phi) is 4.16. The smallest absolute Gasteiger partial charge is 0.126 e. The Morgan fingerprint density at radius 3 is 2.86 bits per heavy atom. The summed E-state index contributed by atoms with van der Waals surface area (Å²) in [5.74, 6) is 0.785. The number of aliphatic hydroxyl groups is 1. The molecule has 3 nitrogen and oxygen atoms in total. The van der Waals surface area contributed by atoms with Crippen LogP contribution in [0.5, 0.6) is 5.75 Å². The lowest BCUT2D eigenvalue weighted by molar-refractivity contribution is 0.232. The van der Waals surface area contributed by atoms with Crippen LogP contribution in [0.2, 0.25) is 0 Å². The third-order valence-corrected chi connectivity index (χ3v) is 1.88. The van der Waals surface area contributed by atoms with Gasteiger partial charge in [0.25, 0.3) is 0 Å². The van der Waals surface area contributed by atoms with E-state index in [1.807, 2.05) is 24.3 Å². The Bertz CT molecular complexity index is 310. The fourth-order valence-electron chi connectivity index (χ4n) is 1.10. The van der Waals surface area contributed by atoms with E-state index >= 15 is 0 Å². The Balaban J connectivity index is 2.80. The summed E-state index contributed by atoms with van der Waals surface area (Å²) >= 11 is 0. The van der Waals surface area contributed by atoms with E-state index in [4.69, 9.17) is 10.5 Å². The SMILES string of the molecule is COc1ccccc1C=CC(O)CN. The van der Waals surface area contributed by atoms with Crippen molar-refractivity contribution in [2.24, 2.45) is 5.73 Å². The third-order valence-electron chi connectivity index (χ3n) is 1.88. The Hall–Kier alpha value is -1.32. The number of benzene rings is 1. The molecule has 1 atom stereocenters. The largest absolute Gasteiger partial charge is 0.496 e. The van der Waals surface area contributed by atoms with Gasteiger partial charge in [-0.25, -0.2) is 0 Å². The van der Waals surface area contributed by atoms with Crippen LogP contribution in [-0.2, 0) is 0 Å². The van der Waals surface area contributed by atoms with Gasteiger partial charge in [0, 0.05) is 12.1 Å². The van der Waals surface area contributed by atoms with Gasteiger partial charge >= 0.3 is 0 Å². The van der Waals surface area contributed by atoms with Crippen LogP contribution in [0.15, 0.2) is 30.3 Å². The van der Waals surface area contributed by atoms with Crippen molar-refractivity contribution in [1.82, 2.24) is 0 Å².